The van der Waals surface area contributed by atoms with Gasteiger partial charge in [0.2, 0.25) is 0 Å². The number of nitro benzene ring substituents is 1. The SMILES string of the molecule is C#Cc1cccc(NCc2cc(Br)ccc2[N+](=O)[O-])c1. The molecule has 0 amide bonds. The molecule has 0 aromatic heterocycles. The molecule has 20 heavy (non-hydrogen) atoms. The first-order valence-electron chi connectivity index (χ1n) is 5.83. The van der Waals surface area contributed by atoms with E-state index in [0.717, 1.165) is 15.7 Å². The molecule has 100 valence electrons. The number of hydrogen-bond donors (Lipinski definition) is 1. The largest absolute Gasteiger partial charge is 0.381 e. The first kappa shape index (κ1) is 14.1. The van der Waals surface area contributed by atoms with Gasteiger partial charge in [-0.15, -0.1) is 6.42 Å². The highest BCUT2D eigenvalue weighted by molar-refractivity contribution is 9.10. The van der Waals surface area contributed by atoms with E-state index >= 15 is 0 Å². The van der Waals surface area contributed by atoms with Gasteiger partial charge in [0.25, 0.3) is 5.69 Å². The second kappa shape index (κ2) is 6.22. The second-order valence-corrected chi connectivity index (χ2v) is 5.02. The Morgan fingerprint density at radius 1 is 1.30 bits per heavy atom. The Labute approximate surface area is 125 Å². The van der Waals surface area contributed by atoms with Crippen molar-refractivity contribution in [3.8, 4) is 12.3 Å². The maximum Gasteiger partial charge on any atom is 0.274 e. The molecule has 4 nitrogen and oxygen atoms in total. The predicted octanol–water partition coefficient (Wildman–Crippen LogP) is 3.95. The average Bonchev–Trinajstić information content (AvgIpc) is 2.45. The highest BCUT2D eigenvalue weighted by Crippen LogP contribution is 2.24. The Balaban J connectivity index is 2.20. The molecule has 0 saturated heterocycles. The van der Waals surface area contributed by atoms with Crippen LogP contribution in [0.4, 0.5) is 11.4 Å². The lowest BCUT2D eigenvalue weighted by Crippen LogP contribution is -2.03. The van der Waals surface area contributed by atoms with Crippen molar-refractivity contribution in [3.63, 3.8) is 0 Å². The van der Waals surface area contributed by atoms with Crippen LogP contribution in [0.5, 0.6) is 0 Å². The standard InChI is InChI=1S/C15H11BrN2O2/c1-2-11-4-3-5-14(8-11)17-10-12-9-13(16)6-7-15(12)18(19)20/h1,3-9,17H,10H2. The number of nitro groups is 1. The molecule has 0 aliphatic carbocycles. The highest BCUT2D eigenvalue weighted by Gasteiger charge is 2.13. The van der Waals surface area contributed by atoms with Gasteiger partial charge in [0.15, 0.2) is 0 Å². The summed E-state index contributed by atoms with van der Waals surface area (Å²) in [5, 5.41) is 14.1. The zero-order chi connectivity index (χ0) is 14.5. The minimum absolute atomic E-state index is 0.0915. The molecule has 2 rings (SSSR count). The van der Waals surface area contributed by atoms with Gasteiger partial charge in [0.05, 0.1) is 4.92 Å². The molecule has 0 aliphatic heterocycles. The third-order valence-electron chi connectivity index (χ3n) is 2.75. The highest BCUT2D eigenvalue weighted by atomic mass is 79.9. The zero-order valence-electron chi connectivity index (χ0n) is 10.5. The molecule has 5 heteroatoms. The fourth-order valence-corrected chi connectivity index (χ4v) is 2.20. The van der Waals surface area contributed by atoms with Crippen LogP contribution in [0.25, 0.3) is 0 Å². The monoisotopic (exact) mass is 330 g/mol. The molecule has 0 spiro atoms. The number of rotatable bonds is 4. The lowest BCUT2D eigenvalue weighted by atomic mass is 10.1. The predicted molar refractivity (Wildman–Crippen MR) is 82.5 cm³/mol. The van der Waals surface area contributed by atoms with E-state index in [-0.39, 0.29) is 10.6 Å². The van der Waals surface area contributed by atoms with Crippen LogP contribution in [0.15, 0.2) is 46.9 Å². The average molecular weight is 331 g/mol. The van der Waals surface area contributed by atoms with Crippen LogP contribution in [0.2, 0.25) is 0 Å². The van der Waals surface area contributed by atoms with Crippen LogP contribution < -0.4 is 5.32 Å². The quantitative estimate of drug-likeness (QED) is 0.524. The van der Waals surface area contributed by atoms with Crippen molar-refractivity contribution < 1.29 is 4.92 Å². The van der Waals surface area contributed by atoms with Crippen LogP contribution >= 0.6 is 15.9 Å². The van der Waals surface area contributed by atoms with Crippen LogP contribution in [0.3, 0.4) is 0 Å². The molecular weight excluding hydrogens is 320 g/mol. The van der Waals surface area contributed by atoms with E-state index in [1.165, 1.54) is 6.07 Å². The molecule has 0 unspecified atom stereocenters. The maximum absolute atomic E-state index is 11.0. The van der Waals surface area contributed by atoms with Crippen molar-refractivity contribution in [3.05, 3.63) is 68.2 Å². The van der Waals surface area contributed by atoms with Crippen LogP contribution in [-0.4, -0.2) is 4.92 Å². The van der Waals surface area contributed by atoms with Crippen molar-refractivity contribution in [2.24, 2.45) is 0 Å². The number of nitrogens with zero attached hydrogens (tertiary/aromatic N) is 1. The summed E-state index contributed by atoms with van der Waals surface area (Å²) < 4.78 is 0.803. The summed E-state index contributed by atoms with van der Waals surface area (Å²) in [6.07, 6.45) is 5.34. The van der Waals surface area contributed by atoms with Crippen LogP contribution in [0, 0.1) is 22.5 Å². The fourth-order valence-electron chi connectivity index (χ4n) is 1.79. The van der Waals surface area contributed by atoms with E-state index in [1.54, 1.807) is 12.1 Å². The Morgan fingerprint density at radius 3 is 2.80 bits per heavy atom. The van der Waals surface area contributed by atoms with Crippen LogP contribution in [0.1, 0.15) is 11.1 Å². The van der Waals surface area contributed by atoms with E-state index in [0.29, 0.717) is 12.1 Å². The number of hydrogen-bond acceptors (Lipinski definition) is 3. The molecule has 0 heterocycles. The topological polar surface area (TPSA) is 55.2 Å². The molecule has 1 N–H and O–H groups in total. The van der Waals surface area contributed by atoms with Gasteiger partial charge in [-0.3, -0.25) is 10.1 Å². The molecule has 2 aromatic rings. The van der Waals surface area contributed by atoms with Gasteiger partial charge in [-0.1, -0.05) is 27.9 Å². The summed E-state index contributed by atoms with van der Waals surface area (Å²) in [6.45, 7) is 0.351. The third-order valence-corrected chi connectivity index (χ3v) is 3.24. The van der Waals surface area contributed by atoms with E-state index in [1.807, 2.05) is 24.3 Å². The molecule has 0 fully saturated rings. The van der Waals surface area contributed by atoms with Gasteiger partial charge in [-0.25, -0.2) is 0 Å². The number of terminal acetylenes is 1. The van der Waals surface area contributed by atoms with E-state index < -0.39 is 0 Å². The maximum atomic E-state index is 11.0. The first-order valence-corrected chi connectivity index (χ1v) is 6.63. The lowest BCUT2D eigenvalue weighted by Gasteiger charge is -2.08. The summed E-state index contributed by atoms with van der Waals surface area (Å²) in [7, 11) is 0. The van der Waals surface area contributed by atoms with Gasteiger partial charge in [0, 0.05) is 33.9 Å². The molecule has 0 aliphatic rings. The van der Waals surface area contributed by atoms with Gasteiger partial charge < -0.3 is 5.32 Å². The number of nitrogens with one attached hydrogen (secondary N) is 1. The number of anilines is 1. The second-order valence-electron chi connectivity index (χ2n) is 4.11. The minimum Gasteiger partial charge on any atom is -0.381 e. The van der Waals surface area contributed by atoms with Gasteiger partial charge >= 0.3 is 0 Å². The van der Waals surface area contributed by atoms with E-state index in [4.69, 9.17) is 6.42 Å². The van der Waals surface area contributed by atoms with E-state index in [2.05, 4.69) is 27.2 Å². The fraction of sp³-hybridized carbons (Fsp3) is 0.0667. The molecule has 2 aromatic carbocycles. The van der Waals surface area contributed by atoms with E-state index in [9.17, 15) is 10.1 Å². The molecular formula is C15H11BrN2O2. The Bertz CT molecular complexity index is 693. The van der Waals surface area contributed by atoms with Gasteiger partial charge in [0.1, 0.15) is 0 Å². The Morgan fingerprint density at radius 2 is 2.10 bits per heavy atom. The number of halogens is 1. The van der Waals surface area contributed by atoms with Gasteiger partial charge in [-0.05, 0) is 30.3 Å². The van der Waals surface area contributed by atoms with Crippen molar-refractivity contribution in [1.29, 1.82) is 0 Å². The summed E-state index contributed by atoms with van der Waals surface area (Å²) in [6, 6.07) is 12.2. The summed E-state index contributed by atoms with van der Waals surface area (Å²) >= 11 is 3.32. The Hall–Kier alpha value is -2.32. The molecule has 0 radical (unpaired) electrons. The van der Waals surface area contributed by atoms with Crippen molar-refractivity contribution in [2.75, 3.05) is 5.32 Å². The summed E-state index contributed by atoms with van der Waals surface area (Å²) in [5.41, 5.74) is 2.29. The normalized spacial score (nSPS) is 9.80. The van der Waals surface area contributed by atoms with Gasteiger partial charge in [-0.2, -0.15) is 0 Å². The number of benzene rings is 2. The van der Waals surface area contributed by atoms with Crippen LogP contribution in [-0.2, 0) is 6.54 Å². The Kier molecular flexibility index (Phi) is 4.38. The smallest absolute Gasteiger partial charge is 0.274 e. The third kappa shape index (κ3) is 3.37. The van der Waals surface area contributed by atoms with Crippen molar-refractivity contribution in [1.82, 2.24) is 0 Å². The molecule has 0 bridgehead atoms. The molecule has 0 saturated carbocycles. The first-order chi connectivity index (χ1) is 9.60. The minimum atomic E-state index is -0.388. The van der Waals surface area contributed by atoms with Crippen molar-refractivity contribution >= 4 is 27.3 Å². The van der Waals surface area contributed by atoms with Crippen molar-refractivity contribution in [2.45, 2.75) is 6.54 Å². The summed E-state index contributed by atoms with van der Waals surface area (Å²) in [5.74, 6) is 2.55. The zero-order valence-corrected chi connectivity index (χ0v) is 12.1. The molecule has 0 atom stereocenters. The summed E-state index contributed by atoms with van der Waals surface area (Å²) in [4.78, 5) is 10.6. The lowest BCUT2D eigenvalue weighted by molar-refractivity contribution is -0.385.